The quantitative estimate of drug-likeness (QED) is 0.130. The Labute approximate surface area is 206 Å². The second kappa shape index (κ2) is 10.5. The van der Waals surface area contributed by atoms with Crippen LogP contribution in [-0.4, -0.2) is 28.4 Å². The lowest BCUT2D eigenvalue weighted by molar-refractivity contribution is -0.384. The van der Waals surface area contributed by atoms with Gasteiger partial charge in [0.2, 0.25) is 0 Å². The molecular weight excluding hydrogens is 472 g/mol. The third-order valence-corrected chi connectivity index (χ3v) is 6.29. The van der Waals surface area contributed by atoms with Gasteiger partial charge in [0.1, 0.15) is 24.7 Å². The molecule has 0 N–H and O–H groups in total. The minimum atomic E-state index is -0.488. The number of hydrogen-bond donors (Lipinski definition) is 0. The van der Waals surface area contributed by atoms with Crippen molar-refractivity contribution in [3.63, 3.8) is 0 Å². The number of anilines is 1. The summed E-state index contributed by atoms with van der Waals surface area (Å²) >= 11 is 6.55. The van der Waals surface area contributed by atoms with E-state index in [0.717, 1.165) is 23.1 Å². The number of nitrogens with zero attached hydrogens (tertiary/aromatic N) is 2. The highest BCUT2D eigenvalue weighted by molar-refractivity contribution is 8.27. The molecule has 0 atom stereocenters. The van der Waals surface area contributed by atoms with Crippen molar-refractivity contribution in [2.75, 3.05) is 18.1 Å². The molecule has 0 bridgehead atoms. The van der Waals surface area contributed by atoms with Crippen molar-refractivity contribution in [3.05, 3.63) is 98.9 Å². The molecule has 4 rings (SSSR count). The Hall–Kier alpha value is -3.69. The van der Waals surface area contributed by atoms with Gasteiger partial charge in [0.15, 0.2) is 4.32 Å². The molecule has 1 fully saturated rings. The van der Waals surface area contributed by atoms with E-state index in [0.29, 0.717) is 26.2 Å². The number of carbonyl (C=O) groups is 1. The molecule has 0 radical (unpaired) electrons. The maximum atomic E-state index is 13.1. The van der Waals surface area contributed by atoms with E-state index in [2.05, 4.69) is 0 Å². The molecule has 1 aliphatic rings. The molecule has 0 unspecified atom stereocenters. The van der Waals surface area contributed by atoms with E-state index in [1.54, 1.807) is 18.2 Å². The molecular formula is C25H20N2O5S2. The van der Waals surface area contributed by atoms with Crippen molar-refractivity contribution in [1.29, 1.82) is 0 Å². The van der Waals surface area contributed by atoms with Gasteiger partial charge in [-0.15, -0.1) is 0 Å². The van der Waals surface area contributed by atoms with Crippen molar-refractivity contribution in [2.45, 2.75) is 6.92 Å². The Balaban J connectivity index is 1.54. The highest BCUT2D eigenvalue weighted by atomic mass is 32.2. The first-order valence-electron chi connectivity index (χ1n) is 10.4. The molecule has 0 aliphatic carbocycles. The van der Waals surface area contributed by atoms with Crippen molar-refractivity contribution < 1.29 is 19.2 Å². The molecule has 9 heteroatoms. The fourth-order valence-corrected chi connectivity index (χ4v) is 4.61. The average Bonchev–Trinajstić information content (AvgIpc) is 3.11. The maximum absolute atomic E-state index is 13.1. The molecule has 1 amide bonds. The lowest BCUT2D eigenvalue weighted by Gasteiger charge is -2.14. The van der Waals surface area contributed by atoms with E-state index in [9.17, 15) is 14.9 Å². The minimum Gasteiger partial charge on any atom is -0.490 e. The fraction of sp³-hybridized carbons (Fsp3) is 0.120. The molecule has 0 aromatic heterocycles. The van der Waals surface area contributed by atoms with E-state index in [4.69, 9.17) is 21.7 Å². The number of thioether (sulfide) groups is 1. The van der Waals surface area contributed by atoms with Gasteiger partial charge in [-0.3, -0.25) is 19.8 Å². The fourth-order valence-electron chi connectivity index (χ4n) is 3.32. The number of non-ortho nitro benzene ring substituents is 1. The summed E-state index contributed by atoms with van der Waals surface area (Å²) in [4.78, 5) is 25.7. The van der Waals surface area contributed by atoms with Crippen LogP contribution in [0.3, 0.4) is 0 Å². The van der Waals surface area contributed by atoms with Crippen molar-refractivity contribution in [2.24, 2.45) is 0 Å². The second-order valence-corrected chi connectivity index (χ2v) is 8.97. The van der Waals surface area contributed by atoms with E-state index in [1.807, 2.05) is 49.4 Å². The smallest absolute Gasteiger partial charge is 0.270 e. The summed E-state index contributed by atoms with van der Waals surface area (Å²) in [5.41, 5.74) is 1.99. The van der Waals surface area contributed by atoms with Crippen LogP contribution in [0.15, 0.2) is 77.7 Å². The van der Waals surface area contributed by atoms with Crippen LogP contribution in [0.5, 0.6) is 11.5 Å². The van der Waals surface area contributed by atoms with Gasteiger partial charge in [0.05, 0.1) is 15.5 Å². The third-order valence-electron chi connectivity index (χ3n) is 4.99. The predicted octanol–water partition coefficient (Wildman–Crippen LogP) is 5.77. The van der Waals surface area contributed by atoms with Gasteiger partial charge in [-0.1, -0.05) is 60.4 Å². The van der Waals surface area contributed by atoms with Gasteiger partial charge in [0, 0.05) is 17.7 Å². The SMILES string of the molecule is Cc1ccccc1OCCOc1ccc([N+](=O)[O-])cc1/C=C1/SC(=S)N(c2ccccc2)C1=O. The van der Waals surface area contributed by atoms with Crippen molar-refractivity contribution >= 4 is 51.7 Å². The molecule has 7 nitrogen and oxygen atoms in total. The molecule has 0 spiro atoms. The third kappa shape index (κ3) is 5.27. The number of nitro groups is 1. The van der Waals surface area contributed by atoms with Crippen LogP contribution in [0.1, 0.15) is 11.1 Å². The monoisotopic (exact) mass is 492 g/mol. The predicted molar refractivity (Wildman–Crippen MR) is 137 cm³/mol. The van der Waals surface area contributed by atoms with Crippen LogP contribution in [0, 0.1) is 17.0 Å². The first-order chi connectivity index (χ1) is 16.4. The van der Waals surface area contributed by atoms with Crippen LogP contribution in [-0.2, 0) is 4.79 Å². The Morgan fingerprint density at radius 3 is 2.38 bits per heavy atom. The molecule has 172 valence electrons. The molecule has 1 aliphatic heterocycles. The molecule has 1 heterocycles. The van der Waals surface area contributed by atoms with E-state index in [1.165, 1.54) is 23.1 Å². The number of hydrogen-bond acceptors (Lipinski definition) is 7. The summed E-state index contributed by atoms with van der Waals surface area (Å²) in [6.45, 7) is 2.46. The van der Waals surface area contributed by atoms with Gasteiger partial charge < -0.3 is 9.47 Å². The zero-order valence-corrected chi connectivity index (χ0v) is 19.8. The van der Waals surface area contributed by atoms with Gasteiger partial charge in [-0.05, 0) is 42.8 Å². The van der Waals surface area contributed by atoms with Crippen LogP contribution >= 0.6 is 24.0 Å². The first-order valence-corrected chi connectivity index (χ1v) is 11.6. The van der Waals surface area contributed by atoms with Gasteiger partial charge >= 0.3 is 0 Å². The van der Waals surface area contributed by atoms with Crippen LogP contribution in [0.25, 0.3) is 6.08 Å². The standard InChI is InChI=1S/C25H20N2O5S2/c1-17-7-5-6-10-21(17)31-13-14-32-22-12-11-20(27(29)30)15-18(22)16-23-24(28)26(25(33)34-23)19-8-3-2-4-9-19/h2-12,15-16H,13-14H2,1H3/b23-16+. The Morgan fingerprint density at radius 2 is 1.68 bits per heavy atom. The number of ether oxygens (including phenoxy) is 2. The summed E-state index contributed by atoms with van der Waals surface area (Å²) in [7, 11) is 0. The summed E-state index contributed by atoms with van der Waals surface area (Å²) < 4.78 is 12.0. The van der Waals surface area contributed by atoms with Crippen LogP contribution in [0.2, 0.25) is 0 Å². The Bertz CT molecular complexity index is 1280. The largest absolute Gasteiger partial charge is 0.490 e. The normalized spacial score (nSPS) is 14.5. The second-order valence-electron chi connectivity index (χ2n) is 7.29. The summed E-state index contributed by atoms with van der Waals surface area (Å²) in [5.74, 6) is 0.880. The summed E-state index contributed by atoms with van der Waals surface area (Å²) in [6, 6.07) is 21.0. The van der Waals surface area contributed by atoms with Crippen LogP contribution < -0.4 is 14.4 Å². The van der Waals surface area contributed by atoms with Crippen molar-refractivity contribution in [1.82, 2.24) is 0 Å². The number of aryl methyl sites for hydroxylation is 1. The highest BCUT2D eigenvalue weighted by Crippen LogP contribution is 2.37. The molecule has 3 aromatic carbocycles. The van der Waals surface area contributed by atoms with Gasteiger partial charge in [-0.2, -0.15) is 0 Å². The zero-order chi connectivity index (χ0) is 24.1. The zero-order valence-electron chi connectivity index (χ0n) is 18.2. The molecule has 3 aromatic rings. The number of nitro benzene ring substituents is 1. The first kappa shape index (κ1) is 23.5. The number of carbonyl (C=O) groups excluding carboxylic acids is 1. The minimum absolute atomic E-state index is 0.103. The van der Waals surface area contributed by atoms with Crippen molar-refractivity contribution in [3.8, 4) is 11.5 Å². The number of amides is 1. The van der Waals surface area contributed by atoms with Gasteiger partial charge in [0.25, 0.3) is 11.6 Å². The molecule has 0 saturated carbocycles. The molecule has 1 saturated heterocycles. The summed E-state index contributed by atoms with van der Waals surface area (Å²) in [6.07, 6.45) is 1.58. The van der Waals surface area contributed by atoms with Gasteiger partial charge in [-0.25, -0.2) is 0 Å². The lowest BCUT2D eigenvalue weighted by atomic mass is 10.1. The topological polar surface area (TPSA) is 81.9 Å². The lowest BCUT2D eigenvalue weighted by Crippen LogP contribution is -2.27. The number of para-hydroxylation sites is 2. The highest BCUT2D eigenvalue weighted by Gasteiger charge is 2.33. The van der Waals surface area contributed by atoms with E-state index >= 15 is 0 Å². The van der Waals surface area contributed by atoms with Crippen LogP contribution in [0.4, 0.5) is 11.4 Å². The van der Waals surface area contributed by atoms with E-state index < -0.39 is 4.92 Å². The summed E-state index contributed by atoms with van der Waals surface area (Å²) in [5, 5.41) is 11.3. The maximum Gasteiger partial charge on any atom is 0.270 e. The average molecular weight is 493 g/mol. The Morgan fingerprint density at radius 1 is 1.00 bits per heavy atom. The number of thiocarbonyl (C=S) groups is 1. The number of benzene rings is 3. The van der Waals surface area contributed by atoms with E-state index in [-0.39, 0.29) is 24.8 Å². The number of rotatable bonds is 8. The molecule has 34 heavy (non-hydrogen) atoms. The Kier molecular flexibility index (Phi) is 7.24.